The normalized spacial score (nSPS) is 10.2. The molecule has 0 radical (unpaired) electrons. The zero-order valence-corrected chi connectivity index (χ0v) is 13.3. The second-order valence-corrected chi connectivity index (χ2v) is 5.27. The molecule has 1 aromatic carbocycles. The Bertz CT molecular complexity index is 803. The van der Waals surface area contributed by atoms with E-state index in [9.17, 15) is 10.1 Å². The molecule has 0 aliphatic rings. The highest BCUT2D eigenvalue weighted by atomic mass is 16.2. The van der Waals surface area contributed by atoms with Crippen LogP contribution in [0.25, 0.3) is 11.3 Å². The SMILES string of the molecule is CCNC(=O)c1c(C#N)c(-c2ccc(C#N)cc2)nn1C(C)C. The highest BCUT2D eigenvalue weighted by molar-refractivity contribution is 5.97. The standard InChI is InChI=1S/C17H17N5O/c1-4-20-17(23)16-14(10-19)15(21-22(16)11(2)3)13-7-5-12(9-18)6-8-13/h5-8,11H,4H2,1-3H3,(H,20,23). The van der Waals surface area contributed by atoms with E-state index in [1.165, 1.54) is 0 Å². The zero-order valence-electron chi connectivity index (χ0n) is 13.3. The van der Waals surface area contributed by atoms with Gasteiger partial charge >= 0.3 is 0 Å². The molecule has 0 spiro atoms. The molecule has 0 saturated heterocycles. The van der Waals surface area contributed by atoms with Gasteiger partial charge in [-0.25, -0.2) is 0 Å². The molecule has 0 unspecified atom stereocenters. The van der Waals surface area contributed by atoms with Crippen molar-refractivity contribution in [2.75, 3.05) is 6.54 Å². The molecule has 23 heavy (non-hydrogen) atoms. The summed E-state index contributed by atoms with van der Waals surface area (Å²) >= 11 is 0. The molecule has 116 valence electrons. The third kappa shape index (κ3) is 3.07. The van der Waals surface area contributed by atoms with Crippen LogP contribution in [0.3, 0.4) is 0 Å². The first kappa shape index (κ1) is 16.3. The Hall–Kier alpha value is -3.12. The maximum absolute atomic E-state index is 12.3. The van der Waals surface area contributed by atoms with Crippen molar-refractivity contribution in [2.24, 2.45) is 0 Å². The number of nitriles is 2. The number of hydrogen-bond donors (Lipinski definition) is 1. The van der Waals surface area contributed by atoms with Crippen LogP contribution in [-0.2, 0) is 0 Å². The smallest absolute Gasteiger partial charge is 0.270 e. The van der Waals surface area contributed by atoms with Crippen LogP contribution < -0.4 is 5.32 Å². The first-order chi connectivity index (χ1) is 11.0. The van der Waals surface area contributed by atoms with Crippen molar-refractivity contribution >= 4 is 5.91 Å². The van der Waals surface area contributed by atoms with Crippen LogP contribution in [0.1, 0.15) is 48.4 Å². The topological polar surface area (TPSA) is 94.5 Å². The number of benzene rings is 1. The second kappa shape index (κ2) is 6.76. The minimum atomic E-state index is -0.315. The third-order valence-corrected chi connectivity index (χ3v) is 3.35. The van der Waals surface area contributed by atoms with Crippen molar-refractivity contribution in [1.29, 1.82) is 10.5 Å². The van der Waals surface area contributed by atoms with Gasteiger partial charge in [0.25, 0.3) is 5.91 Å². The van der Waals surface area contributed by atoms with Crippen molar-refractivity contribution < 1.29 is 4.79 Å². The Kier molecular flexibility index (Phi) is 4.78. The average molecular weight is 307 g/mol. The van der Waals surface area contributed by atoms with Crippen LogP contribution in [0, 0.1) is 22.7 Å². The number of hydrogen-bond acceptors (Lipinski definition) is 4. The number of carbonyl (C=O) groups excluding carboxylic acids is 1. The predicted molar refractivity (Wildman–Crippen MR) is 85.5 cm³/mol. The molecule has 2 rings (SSSR count). The monoisotopic (exact) mass is 307 g/mol. The van der Waals surface area contributed by atoms with Gasteiger partial charge in [0, 0.05) is 18.2 Å². The molecular formula is C17H17N5O. The van der Waals surface area contributed by atoms with Gasteiger partial charge in [-0.2, -0.15) is 15.6 Å². The van der Waals surface area contributed by atoms with Crippen molar-refractivity contribution in [3.8, 4) is 23.4 Å². The number of aromatic nitrogens is 2. The van der Waals surface area contributed by atoms with Crippen LogP contribution >= 0.6 is 0 Å². The van der Waals surface area contributed by atoms with Gasteiger partial charge in [-0.05, 0) is 32.9 Å². The summed E-state index contributed by atoms with van der Waals surface area (Å²) in [4.78, 5) is 12.3. The number of carbonyl (C=O) groups is 1. The van der Waals surface area contributed by atoms with E-state index in [-0.39, 0.29) is 23.2 Å². The van der Waals surface area contributed by atoms with Crippen LogP contribution in [0.2, 0.25) is 0 Å². The molecule has 0 fully saturated rings. The van der Waals surface area contributed by atoms with E-state index in [1.54, 1.807) is 28.9 Å². The summed E-state index contributed by atoms with van der Waals surface area (Å²) in [5, 5.41) is 25.6. The summed E-state index contributed by atoms with van der Waals surface area (Å²) in [5.74, 6) is -0.315. The molecule has 1 amide bonds. The molecule has 1 heterocycles. The molecule has 0 atom stereocenters. The minimum absolute atomic E-state index is 0.0631. The summed E-state index contributed by atoms with van der Waals surface area (Å²) in [6.45, 7) is 6.10. The van der Waals surface area contributed by atoms with Gasteiger partial charge in [0.15, 0.2) is 0 Å². The second-order valence-electron chi connectivity index (χ2n) is 5.27. The maximum atomic E-state index is 12.3. The van der Waals surface area contributed by atoms with Crippen LogP contribution in [0.4, 0.5) is 0 Å². The largest absolute Gasteiger partial charge is 0.351 e. The quantitative estimate of drug-likeness (QED) is 0.939. The Morgan fingerprint density at radius 3 is 2.39 bits per heavy atom. The van der Waals surface area contributed by atoms with E-state index < -0.39 is 0 Å². The fourth-order valence-corrected chi connectivity index (χ4v) is 2.28. The molecule has 1 aromatic heterocycles. The number of nitrogens with zero attached hydrogens (tertiary/aromatic N) is 4. The molecule has 6 heteroatoms. The number of rotatable bonds is 4. The van der Waals surface area contributed by atoms with E-state index >= 15 is 0 Å². The highest BCUT2D eigenvalue weighted by Gasteiger charge is 2.25. The van der Waals surface area contributed by atoms with Gasteiger partial charge in [-0.1, -0.05) is 12.1 Å². The van der Waals surface area contributed by atoms with Crippen molar-refractivity contribution in [3.63, 3.8) is 0 Å². The fraction of sp³-hybridized carbons (Fsp3) is 0.294. The minimum Gasteiger partial charge on any atom is -0.351 e. The Morgan fingerprint density at radius 1 is 1.26 bits per heavy atom. The van der Waals surface area contributed by atoms with Crippen molar-refractivity contribution in [3.05, 3.63) is 41.1 Å². The molecule has 6 nitrogen and oxygen atoms in total. The summed E-state index contributed by atoms with van der Waals surface area (Å²) in [5.41, 5.74) is 2.19. The molecule has 0 saturated carbocycles. The summed E-state index contributed by atoms with van der Waals surface area (Å²) < 4.78 is 1.57. The molecule has 0 aliphatic carbocycles. The maximum Gasteiger partial charge on any atom is 0.270 e. The molecule has 0 bridgehead atoms. The van der Waals surface area contributed by atoms with E-state index in [0.717, 1.165) is 0 Å². The summed E-state index contributed by atoms with van der Waals surface area (Å²) in [7, 11) is 0. The highest BCUT2D eigenvalue weighted by Crippen LogP contribution is 2.27. The van der Waals surface area contributed by atoms with E-state index in [4.69, 9.17) is 5.26 Å². The Labute approximate surface area is 135 Å². The number of nitrogens with one attached hydrogen (secondary N) is 1. The van der Waals surface area contributed by atoms with Crippen LogP contribution in [-0.4, -0.2) is 22.2 Å². The molecule has 0 aliphatic heterocycles. The molecule has 1 N–H and O–H groups in total. The van der Waals surface area contributed by atoms with Gasteiger partial charge in [-0.3, -0.25) is 9.48 Å². The third-order valence-electron chi connectivity index (χ3n) is 3.35. The van der Waals surface area contributed by atoms with Crippen molar-refractivity contribution in [1.82, 2.24) is 15.1 Å². The van der Waals surface area contributed by atoms with Gasteiger partial charge in [0.05, 0.1) is 11.6 Å². The summed E-state index contributed by atoms with van der Waals surface area (Å²) in [6.07, 6.45) is 0. The molecular weight excluding hydrogens is 290 g/mol. The van der Waals surface area contributed by atoms with Gasteiger partial charge < -0.3 is 5.32 Å². The lowest BCUT2D eigenvalue weighted by Crippen LogP contribution is -2.27. The Balaban J connectivity index is 2.65. The summed E-state index contributed by atoms with van der Waals surface area (Å²) in [6, 6.07) is 10.9. The van der Waals surface area contributed by atoms with Crippen molar-refractivity contribution in [2.45, 2.75) is 26.8 Å². The first-order valence-corrected chi connectivity index (χ1v) is 7.34. The van der Waals surface area contributed by atoms with E-state index in [0.29, 0.717) is 23.4 Å². The van der Waals surface area contributed by atoms with Crippen LogP contribution in [0.15, 0.2) is 24.3 Å². The van der Waals surface area contributed by atoms with Gasteiger partial charge in [0.1, 0.15) is 23.0 Å². The van der Waals surface area contributed by atoms with E-state index in [2.05, 4.69) is 16.5 Å². The lowest BCUT2D eigenvalue weighted by molar-refractivity contribution is 0.0943. The van der Waals surface area contributed by atoms with Crippen LogP contribution in [0.5, 0.6) is 0 Å². The zero-order chi connectivity index (χ0) is 17.0. The Morgan fingerprint density at radius 2 is 1.91 bits per heavy atom. The predicted octanol–water partition coefficient (Wildman–Crippen LogP) is 2.62. The fourth-order valence-electron chi connectivity index (χ4n) is 2.28. The van der Waals surface area contributed by atoms with Gasteiger partial charge in [0.2, 0.25) is 0 Å². The lowest BCUT2D eigenvalue weighted by Gasteiger charge is -2.10. The molecule has 2 aromatic rings. The number of amides is 1. The lowest BCUT2D eigenvalue weighted by atomic mass is 10.0. The first-order valence-electron chi connectivity index (χ1n) is 7.34. The van der Waals surface area contributed by atoms with Gasteiger partial charge in [-0.15, -0.1) is 0 Å². The average Bonchev–Trinajstić information content (AvgIpc) is 2.95. The van der Waals surface area contributed by atoms with E-state index in [1.807, 2.05) is 26.8 Å².